The number of methoxy groups -OCH3 is 1. The molecule has 1 fully saturated rings. The number of carbonyl (C=O) groups is 2. The fraction of sp³-hybridized carbons (Fsp3) is 0.333. The molecule has 8 heteroatoms. The minimum absolute atomic E-state index is 0.154. The lowest BCUT2D eigenvalue weighted by Crippen LogP contribution is -2.47. The third kappa shape index (κ3) is 4.75. The molecule has 0 spiro atoms. The van der Waals surface area contributed by atoms with Crippen LogP contribution in [0.3, 0.4) is 0 Å². The molecule has 32 heavy (non-hydrogen) atoms. The van der Waals surface area contributed by atoms with Crippen LogP contribution in [0.5, 0.6) is 0 Å². The maximum absolute atomic E-state index is 13.1. The monoisotopic (exact) mass is 438 g/mol. The quantitative estimate of drug-likeness (QED) is 0.576. The molecule has 7 nitrogen and oxygen atoms in total. The molecule has 4 rings (SSSR count). The van der Waals surface area contributed by atoms with Crippen LogP contribution in [0.4, 0.5) is 15.8 Å². The molecule has 1 amide bonds. The highest BCUT2D eigenvalue weighted by molar-refractivity contribution is 6.11. The van der Waals surface area contributed by atoms with Crippen LogP contribution in [0.1, 0.15) is 22.5 Å². The summed E-state index contributed by atoms with van der Waals surface area (Å²) >= 11 is 0. The zero-order valence-electron chi connectivity index (χ0n) is 18.3. The standard InChI is InChI=1S/C24H27FN4O3/c1-16-3-8-20-19(15-16)22(23(26-20)24(31)32-2)27-21(30)9-10-28-11-13-29(14-12-28)18-6-4-17(25)5-7-18/h3-8,15,26H,9-14H2,1-2H3,(H,27,30). The summed E-state index contributed by atoms with van der Waals surface area (Å²) in [7, 11) is 1.32. The molecular formula is C24H27FN4O3. The predicted octanol–water partition coefficient (Wildman–Crippen LogP) is 3.55. The van der Waals surface area contributed by atoms with Gasteiger partial charge in [0.15, 0.2) is 0 Å². The van der Waals surface area contributed by atoms with Crippen LogP contribution >= 0.6 is 0 Å². The van der Waals surface area contributed by atoms with E-state index in [4.69, 9.17) is 4.74 Å². The zero-order chi connectivity index (χ0) is 22.7. The van der Waals surface area contributed by atoms with Crippen molar-refractivity contribution in [3.8, 4) is 0 Å². The first-order chi connectivity index (χ1) is 15.4. The summed E-state index contributed by atoms with van der Waals surface area (Å²) in [4.78, 5) is 32.4. The van der Waals surface area contributed by atoms with E-state index in [0.29, 0.717) is 18.7 Å². The summed E-state index contributed by atoms with van der Waals surface area (Å²) in [5.41, 5.74) is 3.51. The number of amides is 1. The van der Waals surface area contributed by atoms with Crippen molar-refractivity contribution in [1.82, 2.24) is 9.88 Å². The number of nitrogens with zero attached hydrogens (tertiary/aromatic N) is 2. The number of ether oxygens (including phenoxy) is 1. The van der Waals surface area contributed by atoms with Crippen molar-refractivity contribution in [3.05, 3.63) is 59.5 Å². The Bertz CT molecular complexity index is 1120. The lowest BCUT2D eigenvalue weighted by Gasteiger charge is -2.36. The Balaban J connectivity index is 1.35. The van der Waals surface area contributed by atoms with E-state index >= 15 is 0 Å². The van der Waals surface area contributed by atoms with E-state index in [1.54, 1.807) is 12.1 Å². The van der Waals surface area contributed by atoms with Gasteiger partial charge in [0.05, 0.1) is 12.8 Å². The molecule has 168 valence electrons. The van der Waals surface area contributed by atoms with Crippen molar-refractivity contribution in [2.24, 2.45) is 0 Å². The third-order valence-electron chi connectivity index (χ3n) is 5.83. The third-order valence-corrected chi connectivity index (χ3v) is 5.83. The van der Waals surface area contributed by atoms with E-state index in [1.165, 1.54) is 19.2 Å². The number of aromatic amines is 1. The minimum atomic E-state index is -0.522. The molecule has 1 aliphatic heterocycles. The van der Waals surface area contributed by atoms with Gasteiger partial charge in [-0.2, -0.15) is 0 Å². The molecule has 1 aliphatic rings. The molecule has 2 aromatic carbocycles. The number of aromatic nitrogens is 1. The van der Waals surface area contributed by atoms with Gasteiger partial charge in [0.2, 0.25) is 5.91 Å². The van der Waals surface area contributed by atoms with Crippen molar-refractivity contribution in [2.45, 2.75) is 13.3 Å². The fourth-order valence-corrected chi connectivity index (χ4v) is 4.03. The van der Waals surface area contributed by atoms with Crippen LogP contribution in [-0.2, 0) is 9.53 Å². The van der Waals surface area contributed by atoms with E-state index in [1.807, 2.05) is 25.1 Å². The topological polar surface area (TPSA) is 77.7 Å². The van der Waals surface area contributed by atoms with Gasteiger partial charge in [-0.3, -0.25) is 9.69 Å². The summed E-state index contributed by atoms with van der Waals surface area (Å²) in [5, 5.41) is 3.70. The summed E-state index contributed by atoms with van der Waals surface area (Å²) < 4.78 is 18.0. The highest BCUT2D eigenvalue weighted by atomic mass is 19.1. The molecule has 0 unspecified atom stereocenters. The van der Waals surface area contributed by atoms with E-state index in [-0.39, 0.29) is 17.4 Å². The lowest BCUT2D eigenvalue weighted by atomic mass is 10.1. The zero-order valence-corrected chi connectivity index (χ0v) is 18.3. The van der Waals surface area contributed by atoms with Crippen LogP contribution in [-0.4, -0.2) is 61.6 Å². The average molecular weight is 439 g/mol. The van der Waals surface area contributed by atoms with Gasteiger partial charge in [-0.1, -0.05) is 11.6 Å². The van der Waals surface area contributed by atoms with E-state index in [2.05, 4.69) is 20.1 Å². The second kappa shape index (κ2) is 9.40. The highest BCUT2D eigenvalue weighted by Gasteiger charge is 2.22. The SMILES string of the molecule is COC(=O)c1[nH]c2ccc(C)cc2c1NC(=O)CCN1CCN(c2ccc(F)cc2)CC1. The fourth-order valence-electron chi connectivity index (χ4n) is 4.03. The van der Waals surface area contributed by atoms with Gasteiger partial charge < -0.3 is 19.9 Å². The Hall–Kier alpha value is -3.39. The Morgan fingerprint density at radius 1 is 1.09 bits per heavy atom. The molecule has 0 aliphatic carbocycles. The first kappa shape index (κ1) is 21.8. The Morgan fingerprint density at radius 2 is 1.81 bits per heavy atom. The number of nitrogens with one attached hydrogen (secondary N) is 2. The van der Waals surface area contributed by atoms with Crippen LogP contribution < -0.4 is 10.2 Å². The van der Waals surface area contributed by atoms with Crippen LogP contribution in [0, 0.1) is 12.7 Å². The molecule has 0 atom stereocenters. The number of hydrogen-bond donors (Lipinski definition) is 2. The predicted molar refractivity (Wildman–Crippen MR) is 123 cm³/mol. The summed E-state index contributed by atoms with van der Waals surface area (Å²) in [5.74, 6) is -0.913. The smallest absolute Gasteiger partial charge is 0.356 e. The molecule has 3 aromatic rings. The second-order valence-electron chi connectivity index (χ2n) is 8.02. The number of esters is 1. The molecule has 0 bridgehead atoms. The van der Waals surface area contributed by atoms with Crippen molar-refractivity contribution < 1.29 is 18.7 Å². The molecule has 1 aromatic heterocycles. The van der Waals surface area contributed by atoms with E-state index < -0.39 is 5.97 Å². The second-order valence-corrected chi connectivity index (χ2v) is 8.02. The number of aryl methyl sites for hydroxylation is 1. The normalized spacial score (nSPS) is 14.5. The summed E-state index contributed by atoms with van der Waals surface area (Å²) in [6.45, 7) is 5.87. The van der Waals surface area contributed by atoms with E-state index in [0.717, 1.165) is 48.3 Å². The van der Waals surface area contributed by atoms with Gasteiger partial charge in [-0.05, 0) is 43.3 Å². The molecule has 0 radical (unpaired) electrons. The lowest BCUT2D eigenvalue weighted by molar-refractivity contribution is -0.116. The molecule has 1 saturated heterocycles. The van der Waals surface area contributed by atoms with Gasteiger partial charge in [-0.15, -0.1) is 0 Å². The van der Waals surface area contributed by atoms with Gasteiger partial charge >= 0.3 is 5.97 Å². The minimum Gasteiger partial charge on any atom is -0.464 e. The van der Waals surface area contributed by atoms with Gasteiger partial charge in [-0.25, -0.2) is 9.18 Å². The summed E-state index contributed by atoms with van der Waals surface area (Å²) in [6.07, 6.45) is 0.315. The maximum atomic E-state index is 13.1. The number of piperazine rings is 1. The summed E-state index contributed by atoms with van der Waals surface area (Å²) in [6, 6.07) is 12.3. The Kier molecular flexibility index (Phi) is 6.41. The number of rotatable bonds is 6. The van der Waals surface area contributed by atoms with Crippen LogP contribution in [0.2, 0.25) is 0 Å². The Labute approximate surface area is 186 Å². The first-order valence-corrected chi connectivity index (χ1v) is 10.7. The van der Waals surface area contributed by atoms with Crippen molar-refractivity contribution in [2.75, 3.05) is 50.1 Å². The number of carbonyl (C=O) groups excluding carboxylic acids is 2. The molecular weight excluding hydrogens is 411 g/mol. The number of benzene rings is 2. The van der Waals surface area contributed by atoms with Crippen molar-refractivity contribution >= 4 is 34.2 Å². The van der Waals surface area contributed by atoms with Gasteiger partial charge in [0.1, 0.15) is 11.5 Å². The van der Waals surface area contributed by atoms with Crippen LogP contribution in [0.25, 0.3) is 10.9 Å². The number of halogens is 1. The number of fused-ring (bicyclic) bond motifs is 1. The highest BCUT2D eigenvalue weighted by Crippen LogP contribution is 2.29. The van der Waals surface area contributed by atoms with Crippen LogP contribution in [0.15, 0.2) is 42.5 Å². The maximum Gasteiger partial charge on any atom is 0.356 e. The molecule has 0 saturated carbocycles. The molecule has 2 N–H and O–H groups in total. The van der Waals surface area contributed by atoms with Gasteiger partial charge in [0.25, 0.3) is 0 Å². The Morgan fingerprint density at radius 3 is 2.50 bits per heavy atom. The molecule has 2 heterocycles. The first-order valence-electron chi connectivity index (χ1n) is 10.7. The largest absolute Gasteiger partial charge is 0.464 e. The average Bonchev–Trinajstić information content (AvgIpc) is 3.15. The number of anilines is 2. The number of H-pyrrole nitrogens is 1. The van der Waals surface area contributed by atoms with Crippen molar-refractivity contribution in [3.63, 3.8) is 0 Å². The number of hydrogen-bond acceptors (Lipinski definition) is 5. The van der Waals surface area contributed by atoms with E-state index in [9.17, 15) is 14.0 Å². The van der Waals surface area contributed by atoms with Gasteiger partial charge in [0, 0.05) is 55.7 Å². The van der Waals surface area contributed by atoms with Crippen molar-refractivity contribution in [1.29, 1.82) is 0 Å².